The van der Waals surface area contributed by atoms with E-state index in [1.807, 2.05) is 13.8 Å². The first-order valence-corrected chi connectivity index (χ1v) is 5.40. The molecule has 0 bridgehead atoms. The lowest BCUT2D eigenvalue weighted by atomic mass is 10.2. The molecule has 0 N–H and O–H groups in total. The number of hydrogen-bond acceptors (Lipinski definition) is 1. The first kappa shape index (κ1) is 12.4. The van der Waals surface area contributed by atoms with Crippen LogP contribution >= 0.6 is 0 Å². The Labute approximate surface area is 95.4 Å². The zero-order chi connectivity index (χ0) is 12.0. The number of hydrogen-bond donors (Lipinski definition) is 0. The topological polar surface area (TPSA) is 20.3 Å². The average molecular weight is 221 g/mol. The van der Waals surface area contributed by atoms with Crippen molar-refractivity contribution in [1.82, 2.24) is 4.90 Å². The molecule has 3 heteroatoms. The van der Waals surface area contributed by atoms with E-state index in [0.29, 0.717) is 18.7 Å². The summed E-state index contributed by atoms with van der Waals surface area (Å²) in [6.45, 7) is 5.22. The van der Waals surface area contributed by atoms with Gasteiger partial charge in [0.25, 0.3) is 0 Å². The quantitative estimate of drug-likeness (QED) is 0.716. The van der Waals surface area contributed by atoms with Gasteiger partial charge in [0.1, 0.15) is 5.82 Å². The molecule has 0 spiro atoms. The summed E-state index contributed by atoms with van der Waals surface area (Å²) in [4.78, 5) is 13.3. The Morgan fingerprint density at radius 2 is 2.06 bits per heavy atom. The number of halogens is 1. The Morgan fingerprint density at radius 1 is 1.38 bits per heavy atom. The molecule has 0 aliphatic heterocycles. The van der Waals surface area contributed by atoms with Crippen molar-refractivity contribution in [2.24, 2.45) is 0 Å². The predicted octanol–water partition coefficient (Wildman–Crippen LogP) is 2.71. The first-order valence-electron chi connectivity index (χ1n) is 5.40. The standard InChI is InChI=1S/C13H16FNO/c1-3-15(4-2)13(16)9-8-11-6-5-7-12(14)10-11/h5-10H,3-4H2,1-2H3. The van der Waals surface area contributed by atoms with E-state index in [-0.39, 0.29) is 11.7 Å². The molecule has 0 unspecified atom stereocenters. The minimum absolute atomic E-state index is 0.0470. The molecule has 16 heavy (non-hydrogen) atoms. The highest BCUT2D eigenvalue weighted by atomic mass is 19.1. The van der Waals surface area contributed by atoms with Gasteiger partial charge in [-0.3, -0.25) is 4.79 Å². The molecule has 0 aliphatic carbocycles. The van der Waals surface area contributed by atoms with Crippen LogP contribution in [0.25, 0.3) is 6.08 Å². The molecule has 0 saturated heterocycles. The fourth-order valence-corrected chi connectivity index (χ4v) is 1.42. The number of carbonyl (C=O) groups is 1. The molecule has 0 radical (unpaired) electrons. The van der Waals surface area contributed by atoms with Crippen molar-refractivity contribution in [2.45, 2.75) is 13.8 Å². The number of carbonyl (C=O) groups excluding carboxylic acids is 1. The molecule has 0 heterocycles. The van der Waals surface area contributed by atoms with Crippen LogP contribution in [0.5, 0.6) is 0 Å². The van der Waals surface area contributed by atoms with E-state index in [9.17, 15) is 9.18 Å². The van der Waals surface area contributed by atoms with Gasteiger partial charge in [-0.25, -0.2) is 4.39 Å². The van der Waals surface area contributed by atoms with E-state index in [0.717, 1.165) is 0 Å². The molecule has 0 aliphatic rings. The maximum Gasteiger partial charge on any atom is 0.246 e. The maximum atomic E-state index is 12.9. The largest absolute Gasteiger partial charge is 0.340 e. The molecular weight excluding hydrogens is 205 g/mol. The van der Waals surface area contributed by atoms with Gasteiger partial charge >= 0.3 is 0 Å². The minimum atomic E-state index is -0.294. The fraction of sp³-hybridized carbons (Fsp3) is 0.308. The SMILES string of the molecule is CCN(CC)C(=O)C=Cc1cccc(F)c1. The molecule has 1 amide bonds. The van der Waals surface area contributed by atoms with Crippen LogP contribution in [0.3, 0.4) is 0 Å². The smallest absolute Gasteiger partial charge is 0.246 e. The molecule has 86 valence electrons. The lowest BCUT2D eigenvalue weighted by Gasteiger charge is -2.15. The van der Waals surface area contributed by atoms with Crippen LogP contribution in [0.15, 0.2) is 30.3 Å². The molecule has 1 aromatic rings. The fourth-order valence-electron chi connectivity index (χ4n) is 1.42. The normalized spacial score (nSPS) is 10.7. The lowest BCUT2D eigenvalue weighted by molar-refractivity contribution is -0.125. The number of amides is 1. The summed E-state index contributed by atoms with van der Waals surface area (Å²) in [5.74, 6) is -0.341. The summed E-state index contributed by atoms with van der Waals surface area (Å²) in [5.41, 5.74) is 0.695. The maximum absolute atomic E-state index is 12.9. The van der Waals surface area contributed by atoms with Crippen LogP contribution in [-0.2, 0) is 4.79 Å². The van der Waals surface area contributed by atoms with Gasteiger partial charge in [-0.2, -0.15) is 0 Å². The van der Waals surface area contributed by atoms with Crippen molar-refractivity contribution in [3.05, 3.63) is 41.7 Å². The molecular formula is C13H16FNO. The summed E-state index contributed by atoms with van der Waals surface area (Å²) in [7, 11) is 0. The van der Waals surface area contributed by atoms with Crippen LogP contribution in [0, 0.1) is 5.82 Å². The minimum Gasteiger partial charge on any atom is -0.340 e. The van der Waals surface area contributed by atoms with Crippen LogP contribution in [0.1, 0.15) is 19.4 Å². The molecule has 0 fully saturated rings. The van der Waals surface area contributed by atoms with E-state index in [4.69, 9.17) is 0 Å². The van der Waals surface area contributed by atoms with E-state index >= 15 is 0 Å². The summed E-state index contributed by atoms with van der Waals surface area (Å²) in [5, 5.41) is 0. The van der Waals surface area contributed by atoms with Crippen LogP contribution in [0.2, 0.25) is 0 Å². The van der Waals surface area contributed by atoms with E-state index in [1.54, 1.807) is 23.1 Å². The lowest BCUT2D eigenvalue weighted by Crippen LogP contribution is -2.28. The third kappa shape index (κ3) is 3.50. The number of benzene rings is 1. The van der Waals surface area contributed by atoms with E-state index in [2.05, 4.69) is 0 Å². The Kier molecular flexibility index (Phi) is 4.70. The highest BCUT2D eigenvalue weighted by Crippen LogP contribution is 2.05. The Hall–Kier alpha value is -1.64. The van der Waals surface area contributed by atoms with E-state index < -0.39 is 0 Å². The van der Waals surface area contributed by atoms with Crippen LogP contribution < -0.4 is 0 Å². The molecule has 1 rings (SSSR count). The number of rotatable bonds is 4. The second-order valence-electron chi connectivity index (χ2n) is 3.40. The van der Waals surface area contributed by atoms with Crippen molar-refractivity contribution in [3.63, 3.8) is 0 Å². The van der Waals surface area contributed by atoms with Gasteiger partial charge < -0.3 is 4.90 Å². The zero-order valence-corrected chi connectivity index (χ0v) is 9.61. The highest BCUT2D eigenvalue weighted by Gasteiger charge is 2.04. The van der Waals surface area contributed by atoms with Gasteiger partial charge in [0.2, 0.25) is 5.91 Å². The van der Waals surface area contributed by atoms with Gasteiger partial charge in [-0.05, 0) is 37.6 Å². The predicted molar refractivity (Wildman–Crippen MR) is 63.4 cm³/mol. The van der Waals surface area contributed by atoms with Crippen LogP contribution in [0.4, 0.5) is 4.39 Å². The van der Waals surface area contributed by atoms with Crippen molar-refractivity contribution < 1.29 is 9.18 Å². The van der Waals surface area contributed by atoms with Crippen molar-refractivity contribution in [1.29, 1.82) is 0 Å². The third-order valence-corrected chi connectivity index (χ3v) is 2.34. The average Bonchev–Trinajstić information content (AvgIpc) is 2.28. The molecule has 0 aromatic heterocycles. The summed E-state index contributed by atoms with van der Waals surface area (Å²) >= 11 is 0. The monoisotopic (exact) mass is 221 g/mol. The van der Waals surface area contributed by atoms with Gasteiger partial charge in [0.05, 0.1) is 0 Å². The second kappa shape index (κ2) is 6.05. The molecule has 0 saturated carbocycles. The van der Waals surface area contributed by atoms with Crippen molar-refractivity contribution in [2.75, 3.05) is 13.1 Å². The van der Waals surface area contributed by atoms with Gasteiger partial charge in [0, 0.05) is 19.2 Å². The van der Waals surface area contributed by atoms with Gasteiger partial charge in [-0.1, -0.05) is 12.1 Å². The Bertz CT molecular complexity index is 383. The highest BCUT2D eigenvalue weighted by molar-refractivity contribution is 5.91. The molecule has 1 aromatic carbocycles. The Morgan fingerprint density at radius 3 is 2.62 bits per heavy atom. The first-order chi connectivity index (χ1) is 7.67. The summed E-state index contributed by atoms with van der Waals surface area (Å²) in [6, 6.07) is 6.15. The van der Waals surface area contributed by atoms with Crippen molar-refractivity contribution >= 4 is 12.0 Å². The summed E-state index contributed by atoms with van der Waals surface area (Å²) < 4.78 is 12.9. The van der Waals surface area contributed by atoms with Crippen molar-refractivity contribution in [3.8, 4) is 0 Å². The summed E-state index contributed by atoms with van der Waals surface area (Å²) in [6.07, 6.45) is 3.10. The second-order valence-corrected chi connectivity index (χ2v) is 3.40. The van der Waals surface area contributed by atoms with Gasteiger partial charge in [0.15, 0.2) is 0 Å². The molecule has 2 nitrogen and oxygen atoms in total. The third-order valence-electron chi connectivity index (χ3n) is 2.34. The number of likely N-dealkylation sites (N-methyl/N-ethyl adjacent to an activating group) is 1. The van der Waals surface area contributed by atoms with Crippen LogP contribution in [-0.4, -0.2) is 23.9 Å². The molecule has 0 atom stereocenters. The van der Waals surface area contributed by atoms with E-state index in [1.165, 1.54) is 18.2 Å². The zero-order valence-electron chi connectivity index (χ0n) is 9.61. The van der Waals surface area contributed by atoms with Gasteiger partial charge in [-0.15, -0.1) is 0 Å². The number of nitrogens with zero attached hydrogens (tertiary/aromatic N) is 1. The Balaban J connectivity index is 2.70.